The van der Waals surface area contributed by atoms with E-state index in [0.29, 0.717) is 18.1 Å². The van der Waals surface area contributed by atoms with E-state index in [-0.39, 0.29) is 12.7 Å². The highest BCUT2D eigenvalue weighted by Gasteiger charge is 2.20. The van der Waals surface area contributed by atoms with E-state index in [4.69, 9.17) is 14.6 Å². The Morgan fingerprint density at radius 3 is 3.08 bits per heavy atom. The van der Waals surface area contributed by atoms with Gasteiger partial charge in [0.25, 0.3) is 0 Å². The normalized spacial score (nSPS) is 26.2. The van der Waals surface area contributed by atoms with Crippen LogP contribution in [0.15, 0.2) is 36.3 Å². The highest BCUT2D eigenvalue weighted by molar-refractivity contribution is 5.23. The maximum atomic E-state index is 8.84. The quantitative estimate of drug-likeness (QED) is 0.701. The van der Waals surface area contributed by atoms with Crippen LogP contribution in [0.1, 0.15) is 6.92 Å². The van der Waals surface area contributed by atoms with Crippen LogP contribution in [0, 0.1) is 0 Å². The Morgan fingerprint density at radius 1 is 1.69 bits per heavy atom. The summed E-state index contributed by atoms with van der Waals surface area (Å²) in [6, 6.07) is 0. The molecule has 0 saturated carbocycles. The Kier molecular flexibility index (Phi) is 3.58. The third-order valence-electron chi connectivity index (χ3n) is 1.66. The Bertz CT molecular complexity index is 241. The van der Waals surface area contributed by atoms with Gasteiger partial charge in [0.05, 0.1) is 6.61 Å². The van der Waals surface area contributed by atoms with E-state index in [1.807, 2.05) is 19.1 Å². The van der Waals surface area contributed by atoms with Gasteiger partial charge < -0.3 is 14.6 Å². The summed E-state index contributed by atoms with van der Waals surface area (Å²) in [4.78, 5) is 0. The number of aliphatic hydroxyl groups is 1. The van der Waals surface area contributed by atoms with Gasteiger partial charge in [-0.15, -0.1) is 0 Å². The average molecular weight is 182 g/mol. The summed E-state index contributed by atoms with van der Waals surface area (Å²) < 4.78 is 10.6. The number of ether oxygens (including phenoxy) is 2. The molecule has 1 rings (SSSR count). The minimum absolute atomic E-state index is 0.0412. The Morgan fingerprint density at radius 2 is 2.46 bits per heavy atom. The van der Waals surface area contributed by atoms with Crippen LogP contribution in [-0.4, -0.2) is 24.4 Å². The van der Waals surface area contributed by atoms with Crippen molar-refractivity contribution in [1.82, 2.24) is 0 Å². The zero-order chi connectivity index (χ0) is 9.68. The molecule has 1 aliphatic rings. The molecule has 0 aliphatic carbocycles. The minimum atomic E-state index is -0.276. The average Bonchev–Trinajstić information content (AvgIpc) is 2.17. The van der Waals surface area contributed by atoms with Gasteiger partial charge in [0.15, 0.2) is 17.6 Å². The molecule has 0 radical (unpaired) electrons. The SMILES string of the molecule is C=C1OCC(CO)O/C1=C/C=C\C. The van der Waals surface area contributed by atoms with Gasteiger partial charge in [-0.25, -0.2) is 0 Å². The Balaban J connectivity index is 2.65. The van der Waals surface area contributed by atoms with Crippen molar-refractivity contribution in [2.24, 2.45) is 0 Å². The summed E-state index contributed by atoms with van der Waals surface area (Å²) in [6.45, 7) is 5.92. The van der Waals surface area contributed by atoms with Crippen molar-refractivity contribution >= 4 is 0 Å². The molecule has 0 aromatic heterocycles. The van der Waals surface area contributed by atoms with Gasteiger partial charge >= 0.3 is 0 Å². The summed E-state index contributed by atoms with van der Waals surface area (Å²) in [6.07, 6.45) is 5.21. The molecular weight excluding hydrogens is 168 g/mol. The first kappa shape index (κ1) is 9.86. The summed E-state index contributed by atoms with van der Waals surface area (Å²) in [5.74, 6) is 1.10. The molecule has 0 bridgehead atoms. The van der Waals surface area contributed by atoms with Crippen LogP contribution >= 0.6 is 0 Å². The Hall–Kier alpha value is -1.22. The highest BCUT2D eigenvalue weighted by atomic mass is 16.6. The van der Waals surface area contributed by atoms with Gasteiger partial charge in [-0.3, -0.25) is 0 Å². The lowest BCUT2D eigenvalue weighted by molar-refractivity contribution is -0.0332. The smallest absolute Gasteiger partial charge is 0.161 e. The van der Waals surface area contributed by atoms with Crippen molar-refractivity contribution < 1.29 is 14.6 Å². The molecule has 1 fully saturated rings. The molecule has 1 N–H and O–H groups in total. The number of hydrogen-bond acceptors (Lipinski definition) is 3. The van der Waals surface area contributed by atoms with Crippen molar-refractivity contribution in [1.29, 1.82) is 0 Å². The first-order valence-electron chi connectivity index (χ1n) is 4.20. The van der Waals surface area contributed by atoms with Crippen LogP contribution in [0.5, 0.6) is 0 Å². The summed E-state index contributed by atoms with van der Waals surface area (Å²) in [5, 5.41) is 8.84. The number of hydrogen-bond donors (Lipinski definition) is 1. The maximum Gasteiger partial charge on any atom is 0.161 e. The molecule has 1 saturated heterocycles. The predicted molar refractivity (Wildman–Crippen MR) is 49.9 cm³/mol. The fourth-order valence-corrected chi connectivity index (χ4v) is 0.950. The monoisotopic (exact) mass is 182 g/mol. The lowest BCUT2D eigenvalue weighted by atomic mass is 10.3. The first-order chi connectivity index (χ1) is 6.27. The highest BCUT2D eigenvalue weighted by Crippen LogP contribution is 2.19. The molecule has 72 valence electrons. The van der Waals surface area contributed by atoms with Crippen molar-refractivity contribution in [3.8, 4) is 0 Å². The topological polar surface area (TPSA) is 38.7 Å². The second-order valence-corrected chi connectivity index (χ2v) is 2.71. The zero-order valence-corrected chi connectivity index (χ0v) is 7.69. The van der Waals surface area contributed by atoms with Crippen molar-refractivity contribution in [3.05, 3.63) is 36.3 Å². The second-order valence-electron chi connectivity index (χ2n) is 2.71. The molecule has 1 heterocycles. The van der Waals surface area contributed by atoms with E-state index in [1.54, 1.807) is 6.08 Å². The van der Waals surface area contributed by atoms with Crippen molar-refractivity contribution in [2.75, 3.05) is 13.2 Å². The zero-order valence-electron chi connectivity index (χ0n) is 7.69. The van der Waals surface area contributed by atoms with Gasteiger partial charge in [-0.1, -0.05) is 18.7 Å². The molecule has 0 aromatic rings. The van der Waals surface area contributed by atoms with Gasteiger partial charge in [0.1, 0.15) is 6.61 Å². The third kappa shape index (κ3) is 2.63. The molecule has 1 atom stereocenters. The van der Waals surface area contributed by atoms with Crippen LogP contribution in [-0.2, 0) is 9.47 Å². The first-order valence-corrected chi connectivity index (χ1v) is 4.20. The largest absolute Gasteiger partial charge is 0.486 e. The van der Waals surface area contributed by atoms with Crippen LogP contribution in [0.3, 0.4) is 0 Å². The van der Waals surface area contributed by atoms with Crippen LogP contribution < -0.4 is 0 Å². The van der Waals surface area contributed by atoms with Crippen LogP contribution in [0.2, 0.25) is 0 Å². The Labute approximate surface area is 78.0 Å². The molecular formula is C10H14O3. The molecule has 3 heteroatoms. The fourth-order valence-electron chi connectivity index (χ4n) is 0.950. The maximum absolute atomic E-state index is 8.84. The standard InChI is InChI=1S/C10H14O3/c1-3-4-5-10-8(2)12-7-9(6-11)13-10/h3-5,9,11H,2,6-7H2,1H3/b4-3-,10-5+. The lowest BCUT2D eigenvalue weighted by Crippen LogP contribution is -2.28. The molecule has 1 aliphatic heterocycles. The third-order valence-corrected chi connectivity index (χ3v) is 1.66. The molecule has 13 heavy (non-hydrogen) atoms. The molecule has 0 amide bonds. The summed E-state index contributed by atoms with van der Waals surface area (Å²) in [7, 11) is 0. The van der Waals surface area contributed by atoms with Crippen LogP contribution in [0.25, 0.3) is 0 Å². The molecule has 0 spiro atoms. The summed E-state index contributed by atoms with van der Waals surface area (Å²) >= 11 is 0. The van der Waals surface area contributed by atoms with E-state index in [2.05, 4.69) is 6.58 Å². The number of allylic oxidation sites excluding steroid dienone is 3. The molecule has 1 unspecified atom stereocenters. The van der Waals surface area contributed by atoms with Gasteiger partial charge in [-0.05, 0) is 13.0 Å². The van der Waals surface area contributed by atoms with E-state index in [9.17, 15) is 0 Å². The molecule has 3 nitrogen and oxygen atoms in total. The second kappa shape index (κ2) is 4.72. The molecule has 0 aromatic carbocycles. The number of aliphatic hydroxyl groups excluding tert-OH is 1. The predicted octanol–water partition coefficient (Wildman–Crippen LogP) is 1.37. The van der Waals surface area contributed by atoms with E-state index in [1.165, 1.54) is 0 Å². The lowest BCUT2D eigenvalue weighted by Gasteiger charge is -2.26. The number of rotatable bonds is 2. The van der Waals surface area contributed by atoms with Gasteiger partial charge in [0.2, 0.25) is 0 Å². The van der Waals surface area contributed by atoms with Crippen molar-refractivity contribution in [3.63, 3.8) is 0 Å². The van der Waals surface area contributed by atoms with Crippen LogP contribution in [0.4, 0.5) is 0 Å². The fraction of sp³-hybridized carbons (Fsp3) is 0.400. The minimum Gasteiger partial charge on any atom is -0.486 e. The van der Waals surface area contributed by atoms with Crippen molar-refractivity contribution in [2.45, 2.75) is 13.0 Å². The summed E-state index contributed by atoms with van der Waals surface area (Å²) in [5.41, 5.74) is 0. The van der Waals surface area contributed by atoms with Gasteiger partial charge in [-0.2, -0.15) is 0 Å². The van der Waals surface area contributed by atoms with Gasteiger partial charge in [0, 0.05) is 0 Å². The van der Waals surface area contributed by atoms with E-state index < -0.39 is 0 Å². The van der Waals surface area contributed by atoms with E-state index >= 15 is 0 Å². The van der Waals surface area contributed by atoms with E-state index in [0.717, 1.165) is 0 Å².